The molecule has 0 aliphatic heterocycles. The van der Waals surface area contributed by atoms with Gasteiger partial charge in [0.2, 0.25) is 5.91 Å². The number of hydrogen-bond acceptors (Lipinski definition) is 6. The van der Waals surface area contributed by atoms with Crippen LogP contribution in [-0.2, 0) is 24.3 Å². The molecule has 9 heteroatoms. The van der Waals surface area contributed by atoms with Crippen molar-refractivity contribution in [2.24, 2.45) is 0 Å². The molecular weight excluding hydrogens is 414 g/mol. The Hall–Kier alpha value is -3.72. The molecule has 4 rings (SSSR count). The summed E-state index contributed by atoms with van der Waals surface area (Å²) in [5, 5.41) is 9.24. The number of aromatic nitrogens is 3. The van der Waals surface area contributed by atoms with E-state index in [-0.39, 0.29) is 24.0 Å². The standard InChI is InChI=1S/C22H21N5O3S/c1-26(12-17-11-23-27(14-17)13-16-6-3-2-4-7-16)20(28)10-18-15-31-22(24-18)25-21(29)19-8-5-9-30-19/h2-9,11,14-15H,10,12-13H2,1H3,(H,24,25,29). The highest BCUT2D eigenvalue weighted by atomic mass is 32.1. The molecule has 0 radical (unpaired) electrons. The fourth-order valence-electron chi connectivity index (χ4n) is 3.01. The van der Waals surface area contributed by atoms with Crippen LogP contribution in [0.15, 0.2) is 70.9 Å². The average Bonchev–Trinajstić information content (AvgIpc) is 3.52. The van der Waals surface area contributed by atoms with Gasteiger partial charge in [0.1, 0.15) is 0 Å². The van der Waals surface area contributed by atoms with Crippen LogP contribution < -0.4 is 5.32 Å². The van der Waals surface area contributed by atoms with E-state index in [1.807, 2.05) is 29.1 Å². The predicted octanol–water partition coefficient (Wildman–Crippen LogP) is 3.43. The van der Waals surface area contributed by atoms with Gasteiger partial charge in [-0.3, -0.25) is 19.6 Å². The van der Waals surface area contributed by atoms with E-state index in [1.54, 1.807) is 35.7 Å². The number of rotatable bonds is 8. The summed E-state index contributed by atoms with van der Waals surface area (Å²) in [6, 6.07) is 13.3. The minimum Gasteiger partial charge on any atom is -0.459 e. The molecule has 0 fully saturated rings. The van der Waals surface area contributed by atoms with E-state index in [4.69, 9.17) is 4.42 Å². The second kappa shape index (κ2) is 9.40. The number of nitrogens with one attached hydrogen (secondary N) is 1. The van der Waals surface area contributed by atoms with Gasteiger partial charge in [0, 0.05) is 30.7 Å². The quantitative estimate of drug-likeness (QED) is 0.458. The van der Waals surface area contributed by atoms with Crippen LogP contribution in [0.5, 0.6) is 0 Å². The molecule has 0 saturated carbocycles. The Balaban J connectivity index is 1.29. The first-order valence-electron chi connectivity index (χ1n) is 9.65. The molecule has 0 spiro atoms. The van der Waals surface area contributed by atoms with Crippen LogP contribution in [0, 0.1) is 0 Å². The Morgan fingerprint density at radius 2 is 2.00 bits per heavy atom. The summed E-state index contributed by atoms with van der Waals surface area (Å²) < 4.78 is 6.92. The molecule has 0 atom stereocenters. The lowest BCUT2D eigenvalue weighted by atomic mass is 10.2. The first kappa shape index (κ1) is 20.5. The lowest BCUT2D eigenvalue weighted by Crippen LogP contribution is -2.27. The van der Waals surface area contributed by atoms with E-state index in [0.717, 1.165) is 5.56 Å². The van der Waals surface area contributed by atoms with Gasteiger partial charge in [0.05, 0.1) is 31.1 Å². The average molecular weight is 436 g/mol. The number of thiazole rings is 1. The first-order chi connectivity index (χ1) is 15.1. The van der Waals surface area contributed by atoms with Gasteiger partial charge in [-0.2, -0.15) is 5.10 Å². The molecule has 0 unspecified atom stereocenters. The number of likely N-dealkylation sites (N-methyl/N-ethyl adjacent to an activating group) is 1. The van der Waals surface area contributed by atoms with Crippen molar-refractivity contribution >= 4 is 28.3 Å². The molecule has 0 aliphatic rings. The van der Waals surface area contributed by atoms with Crippen molar-refractivity contribution in [2.45, 2.75) is 19.5 Å². The van der Waals surface area contributed by atoms with Gasteiger partial charge in [0.15, 0.2) is 10.9 Å². The van der Waals surface area contributed by atoms with Crippen molar-refractivity contribution in [3.05, 3.63) is 89.1 Å². The van der Waals surface area contributed by atoms with Crippen LogP contribution in [-0.4, -0.2) is 38.5 Å². The molecule has 31 heavy (non-hydrogen) atoms. The van der Waals surface area contributed by atoms with Crippen molar-refractivity contribution in [3.8, 4) is 0 Å². The fourth-order valence-corrected chi connectivity index (χ4v) is 3.71. The Bertz CT molecular complexity index is 1150. The van der Waals surface area contributed by atoms with Gasteiger partial charge in [-0.15, -0.1) is 11.3 Å². The molecule has 4 aromatic rings. The second-order valence-corrected chi connectivity index (χ2v) is 7.89. The molecule has 1 aromatic carbocycles. The van der Waals surface area contributed by atoms with Crippen molar-refractivity contribution in [3.63, 3.8) is 0 Å². The summed E-state index contributed by atoms with van der Waals surface area (Å²) in [5.74, 6) is -0.229. The maximum Gasteiger partial charge on any atom is 0.293 e. The Morgan fingerprint density at radius 3 is 2.77 bits per heavy atom. The van der Waals surface area contributed by atoms with E-state index in [1.165, 1.54) is 23.2 Å². The van der Waals surface area contributed by atoms with Crippen molar-refractivity contribution in [2.75, 3.05) is 12.4 Å². The maximum absolute atomic E-state index is 12.6. The monoisotopic (exact) mass is 435 g/mol. The van der Waals surface area contributed by atoms with Gasteiger partial charge in [-0.1, -0.05) is 30.3 Å². The number of hydrogen-bond donors (Lipinski definition) is 1. The maximum atomic E-state index is 12.6. The summed E-state index contributed by atoms with van der Waals surface area (Å²) in [5.41, 5.74) is 2.73. The number of benzene rings is 1. The number of carbonyl (C=O) groups is 2. The van der Waals surface area contributed by atoms with Gasteiger partial charge in [-0.05, 0) is 17.7 Å². The zero-order chi connectivity index (χ0) is 21.6. The number of anilines is 1. The molecule has 8 nitrogen and oxygen atoms in total. The highest BCUT2D eigenvalue weighted by Crippen LogP contribution is 2.18. The third-order valence-corrected chi connectivity index (χ3v) is 5.38. The van der Waals surface area contributed by atoms with Crippen LogP contribution in [0.2, 0.25) is 0 Å². The van der Waals surface area contributed by atoms with Crippen LogP contribution >= 0.6 is 11.3 Å². The SMILES string of the molecule is CN(Cc1cnn(Cc2ccccc2)c1)C(=O)Cc1csc(NC(=O)c2ccco2)n1. The van der Waals surface area contributed by atoms with Crippen LogP contribution in [0.3, 0.4) is 0 Å². The molecule has 2 amide bonds. The van der Waals surface area contributed by atoms with Crippen LogP contribution in [0.1, 0.15) is 27.4 Å². The third-order valence-electron chi connectivity index (χ3n) is 4.57. The Morgan fingerprint density at radius 1 is 1.16 bits per heavy atom. The number of carbonyl (C=O) groups excluding carboxylic acids is 2. The smallest absolute Gasteiger partial charge is 0.293 e. The number of nitrogens with zero attached hydrogens (tertiary/aromatic N) is 4. The molecule has 0 saturated heterocycles. The number of amides is 2. The summed E-state index contributed by atoms with van der Waals surface area (Å²) in [6.07, 6.45) is 5.31. The summed E-state index contributed by atoms with van der Waals surface area (Å²) in [4.78, 5) is 30.6. The highest BCUT2D eigenvalue weighted by Gasteiger charge is 2.15. The number of furan rings is 1. The summed E-state index contributed by atoms with van der Waals surface area (Å²) in [7, 11) is 1.75. The minimum atomic E-state index is -0.373. The minimum absolute atomic E-state index is 0.0648. The largest absolute Gasteiger partial charge is 0.459 e. The molecule has 0 bridgehead atoms. The molecule has 3 aromatic heterocycles. The molecule has 0 aliphatic carbocycles. The van der Waals surface area contributed by atoms with Crippen molar-refractivity contribution in [1.29, 1.82) is 0 Å². The van der Waals surface area contributed by atoms with E-state index < -0.39 is 0 Å². The van der Waals surface area contributed by atoms with E-state index >= 15 is 0 Å². The van der Waals surface area contributed by atoms with Crippen LogP contribution in [0.4, 0.5) is 5.13 Å². The fraction of sp³-hybridized carbons (Fsp3) is 0.182. The highest BCUT2D eigenvalue weighted by molar-refractivity contribution is 7.14. The van der Waals surface area contributed by atoms with Gasteiger partial charge in [-0.25, -0.2) is 4.98 Å². The molecule has 3 heterocycles. The lowest BCUT2D eigenvalue weighted by Gasteiger charge is -2.15. The van der Waals surface area contributed by atoms with Crippen molar-refractivity contribution in [1.82, 2.24) is 19.7 Å². The zero-order valence-corrected chi connectivity index (χ0v) is 17.7. The van der Waals surface area contributed by atoms with Crippen molar-refractivity contribution < 1.29 is 14.0 Å². The normalized spacial score (nSPS) is 10.7. The van der Waals surface area contributed by atoms with E-state index in [0.29, 0.717) is 23.9 Å². The topological polar surface area (TPSA) is 93.3 Å². The Kier molecular flexibility index (Phi) is 6.23. The van der Waals surface area contributed by atoms with Crippen LogP contribution in [0.25, 0.3) is 0 Å². The lowest BCUT2D eigenvalue weighted by molar-refractivity contribution is -0.129. The Labute approximate surface area is 183 Å². The predicted molar refractivity (Wildman–Crippen MR) is 117 cm³/mol. The summed E-state index contributed by atoms with van der Waals surface area (Å²) >= 11 is 1.27. The van der Waals surface area contributed by atoms with E-state index in [9.17, 15) is 9.59 Å². The van der Waals surface area contributed by atoms with Gasteiger partial charge in [0.25, 0.3) is 5.91 Å². The second-order valence-electron chi connectivity index (χ2n) is 7.03. The third kappa shape index (κ3) is 5.46. The van der Waals surface area contributed by atoms with Gasteiger partial charge < -0.3 is 9.32 Å². The molecule has 158 valence electrons. The zero-order valence-electron chi connectivity index (χ0n) is 16.9. The first-order valence-corrected chi connectivity index (χ1v) is 10.5. The molecular formula is C22H21N5O3S. The molecule has 1 N–H and O–H groups in total. The summed E-state index contributed by atoms with van der Waals surface area (Å²) in [6.45, 7) is 1.14. The van der Waals surface area contributed by atoms with Gasteiger partial charge >= 0.3 is 0 Å². The van der Waals surface area contributed by atoms with E-state index in [2.05, 4.69) is 27.5 Å².